The molecule has 1 amide bonds. The van der Waals surface area contributed by atoms with Crippen molar-refractivity contribution in [2.24, 2.45) is 0 Å². The maximum atomic E-state index is 12.4. The van der Waals surface area contributed by atoms with Gasteiger partial charge in [-0.3, -0.25) is 4.79 Å². The predicted molar refractivity (Wildman–Crippen MR) is 92.8 cm³/mol. The van der Waals surface area contributed by atoms with Gasteiger partial charge < -0.3 is 10.6 Å². The molecule has 0 spiro atoms. The Bertz CT molecular complexity index is 849. The van der Waals surface area contributed by atoms with Crippen LogP contribution in [0.5, 0.6) is 0 Å². The fraction of sp³-hybridized carbons (Fsp3) is 0.158. The number of fused-ring (bicyclic) bond motifs is 1. The van der Waals surface area contributed by atoms with Gasteiger partial charge in [-0.25, -0.2) is 4.98 Å². The number of aromatic nitrogens is 1. The maximum absolute atomic E-state index is 12.4. The molecule has 23 heavy (non-hydrogen) atoms. The summed E-state index contributed by atoms with van der Waals surface area (Å²) >= 11 is 0. The molecule has 1 aliphatic rings. The van der Waals surface area contributed by atoms with Crippen molar-refractivity contribution in [3.05, 3.63) is 66.4 Å². The second-order valence-electron chi connectivity index (χ2n) is 5.83. The van der Waals surface area contributed by atoms with E-state index in [9.17, 15) is 4.79 Å². The van der Waals surface area contributed by atoms with E-state index in [0.717, 1.165) is 22.3 Å². The van der Waals surface area contributed by atoms with Crippen molar-refractivity contribution < 1.29 is 4.79 Å². The van der Waals surface area contributed by atoms with Gasteiger partial charge in [0.15, 0.2) is 0 Å². The second kappa shape index (κ2) is 5.72. The summed E-state index contributed by atoms with van der Waals surface area (Å²) in [4.78, 5) is 16.7. The second-order valence-corrected chi connectivity index (χ2v) is 5.83. The number of rotatable bonds is 4. The number of benzene rings is 2. The highest BCUT2D eigenvalue weighted by Gasteiger charge is 2.21. The minimum absolute atomic E-state index is 0.146. The SMILES string of the molecule is O=C(Nc1cccc2ccccc12)c1ccc(NC2CC2)nc1. The molecule has 1 fully saturated rings. The average Bonchev–Trinajstić information content (AvgIpc) is 3.40. The van der Waals surface area contributed by atoms with Gasteiger partial charge >= 0.3 is 0 Å². The molecule has 0 unspecified atom stereocenters. The highest BCUT2D eigenvalue weighted by Crippen LogP contribution is 2.25. The number of nitrogens with zero attached hydrogens (tertiary/aromatic N) is 1. The summed E-state index contributed by atoms with van der Waals surface area (Å²) in [5, 5.41) is 8.42. The van der Waals surface area contributed by atoms with E-state index in [2.05, 4.69) is 15.6 Å². The first-order valence-electron chi connectivity index (χ1n) is 7.81. The Kier molecular flexibility index (Phi) is 3.42. The lowest BCUT2D eigenvalue weighted by Gasteiger charge is -2.09. The topological polar surface area (TPSA) is 54.0 Å². The zero-order chi connectivity index (χ0) is 15.6. The first-order valence-corrected chi connectivity index (χ1v) is 7.81. The molecule has 0 atom stereocenters. The van der Waals surface area contributed by atoms with Crippen molar-refractivity contribution in [1.82, 2.24) is 4.98 Å². The minimum atomic E-state index is -0.146. The Balaban J connectivity index is 1.54. The highest BCUT2D eigenvalue weighted by molar-refractivity contribution is 6.09. The molecule has 1 aliphatic carbocycles. The van der Waals surface area contributed by atoms with Gasteiger partial charge in [-0.1, -0.05) is 36.4 Å². The number of carbonyl (C=O) groups excluding carboxylic acids is 1. The smallest absolute Gasteiger partial charge is 0.257 e. The monoisotopic (exact) mass is 303 g/mol. The Labute approximate surface area is 134 Å². The Morgan fingerprint density at radius 2 is 1.83 bits per heavy atom. The fourth-order valence-corrected chi connectivity index (χ4v) is 2.58. The van der Waals surface area contributed by atoms with E-state index < -0.39 is 0 Å². The molecule has 2 aromatic carbocycles. The van der Waals surface area contributed by atoms with E-state index in [1.165, 1.54) is 12.8 Å². The average molecular weight is 303 g/mol. The molecule has 4 rings (SSSR count). The van der Waals surface area contributed by atoms with E-state index in [1.54, 1.807) is 12.3 Å². The van der Waals surface area contributed by atoms with Crippen LogP contribution in [-0.4, -0.2) is 16.9 Å². The molecule has 0 aliphatic heterocycles. The van der Waals surface area contributed by atoms with Gasteiger partial charge in [0.25, 0.3) is 5.91 Å². The first-order chi connectivity index (χ1) is 11.3. The number of anilines is 2. The van der Waals surface area contributed by atoms with Crippen LogP contribution in [0.4, 0.5) is 11.5 Å². The molecule has 1 aromatic heterocycles. The van der Waals surface area contributed by atoms with Crippen LogP contribution < -0.4 is 10.6 Å². The lowest BCUT2D eigenvalue weighted by Crippen LogP contribution is -2.13. The zero-order valence-corrected chi connectivity index (χ0v) is 12.6. The van der Waals surface area contributed by atoms with Crippen LogP contribution in [0.2, 0.25) is 0 Å². The molecule has 4 heteroatoms. The molecule has 3 aromatic rings. The third-order valence-electron chi connectivity index (χ3n) is 3.99. The van der Waals surface area contributed by atoms with Gasteiger partial charge in [0.2, 0.25) is 0 Å². The number of nitrogens with one attached hydrogen (secondary N) is 2. The maximum Gasteiger partial charge on any atom is 0.257 e. The summed E-state index contributed by atoms with van der Waals surface area (Å²) in [6.07, 6.45) is 4.02. The lowest BCUT2D eigenvalue weighted by molar-refractivity contribution is 0.102. The summed E-state index contributed by atoms with van der Waals surface area (Å²) in [6, 6.07) is 18.1. The van der Waals surface area contributed by atoms with E-state index in [1.807, 2.05) is 48.5 Å². The third-order valence-corrected chi connectivity index (χ3v) is 3.99. The molecule has 2 N–H and O–H groups in total. The number of pyridine rings is 1. The van der Waals surface area contributed by atoms with E-state index in [4.69, 9.17) is 0 Å². The number of amides is 1. The van der Waals surface area contributed by atoms with Gasteiger partial charge in [-0.15, -0.1) is 0 Å². The van der Waals surface area contributed by atoms with Crippen molar-refractivity contribution in [3.8, 4) is 0 Å². The molecular weight excluding hydrogens is 286 g/mol. The van der Waals surface area contributed by atoms with Crippen LogP contribution in [0.1, 0.15) is 23.2 Å². The van der Waals surface area contributed by atoms with Crippen LogP contribution in [0, 0.1) is 0 Å². The van der Waals surface area contributed by atoms with E-state index in [-0.39, 0.29) is 5.91 Å². The Morgan fingerprint density at radius 1 is 1.00 bits per heavy atom. The van der Waals surface area contributed by atoms with Crippen LogP contribution in [-0.2, 0) is 0 Å². The van der Waals surface area contributed by atoms with Crippen LogP contribution in [0.15, 0.2) is 60.8 Å². The van der Waals surface area contributed by atoms with E-state index >= 15 is 0 Å². The zero-order valence-electron chi connectivity index (χ0n) is 12.6. The van der Waals surface area contributed by atoms with Crippen LogP contribution in [0.25, 0.3) is 10.8 Å². The number of hydrogen-bond acceptors (Lipinski definition) is 3. The van der Waals surface area contributed by atoms with E-state index in [0.29, 0.717) is 11.6 Å². The van der Waals surface area contributed by atoms with Crippen molar-refractivity contribution >= 4 is 28.2 Å². The minimum Gasteiger partial charge on any atom is -0.367 e. The number of hydrogen-bond donors (Lipinski definition) is 2. The molecule has 1 heterocycles. The fourth-order valence-electron chi connectivity index (χ4n) is 2.58. The predicted octanol–water partition coefficient (Wildman–Crippen LogP) is 4.06. The lowest BCUT2D eigenvalue weighted by atomic mass is 10.1. The van der Waals surface area contributed by atoms with Crippen LogP contribution in [0.3, 0.4) is 0 Å². The molecule has 0 saturated heterocycles. The molecule has 0 radical (unpaired) electrons. The van der Waals surface area contributed by atoms with Gasteiger partial charge in [0.1, 0.15) is 5.82 Å². The van der Waals surface area contributed by atoms with Crippen molar-refractivity contribution in [1.29, 1.82) is 0 Å². The summed E-state index contributed by atoms with van der Waals surface area (Å²) in [6.45, 7) is 0. The largest absolute Gasteiger partial charge is 0.367 e. The highest BCUT2D eigenvalue weighted by atomic mass is 16.1. The molecular formula is C19H17N3O. The quantitative estimate of drug-likeness (QED) is 0.764. The Hall–Kier alpha value is -2.88. The summed E-state index contributed by atoms with van der Waals surface area (Å²) in [7, 11) is 0. The van der Waals surface area contributed by atoms with Crippen LogP contribution >= 0.6 is 0 Å². The molecule has 4 nitrogen and oxygen atoms in total. The Morgan fingerprint density at radius 3 is 2.61 bits per heavy atom. The summed E-state index contributed by atoms with van der Waals surface area (Å²) in [5.41, 5.74) is 1.37. The summed E-state index contributed by atoms with van der Waals surface area (Å²) in [5.74, 6) is 0.682. The molecule has 114 valence electrons. The third kappa shape index (κ3) is 3.01. The molecule has 1 saturated carbocycles. The van der Waals surface area contributed by atoms with Crippen molar-refractivity contribution in [2.75, 3.05) is 10.6 Å². The van der Waals surface area contributed by atoms with Gasteiger partial charge in [0.05, 0.1) is 5.56 Å². The first kappa shape index (κ1) is 13.8. The summed E-state index contributed by atoms with van der Waals surface area (Å²) < 4.78 is 0. The van der Waals surface area contributed by atoms with Gasteiger partial charge in [-0.05, 0) is 36.4 Å². The normalized spacial score (nSPS) is 13.7. The molecule has 0 bridgehead atoms. The standard InChI is InChI=1S/C19H17N3O/c23-19(14-8-11-18(20-12-14)21-15-9-10-15)22-17-7-3-5-13-4-1-2-6-16(13)17/h1-8,11-12,15H,9-10H2,(H,20,21)(H,22,23). The van der Waals surface area contributed by atoms with Crippen molar-refractivity contribution in [2.45, 2.75) is 18.9 Å². The number of carbonyl (C=O) groups is 1. The van der Waals surface area contributed by atoms with Gasteiger partial charge in [0, 0.05) is 23.3 Å². The van der Waals surface area contributed by atoms with Gasteiger partial charge in [-0.2, -0.15) is 0 Å². The van der Waals surface area contributed by atoms with Crippen molar-refractivity contribution in [3.63, 3.8) is 0 Å².